The lowest BCUT2D eigenvalue weighted by Gasteiger charge is -2.46. The van der Waals surface area contributed by atoms with E-state index in [1.165, 1.54) is 22.3 Å². The molecule has 5 aliphatic rings. The molecule has 1 aliphatic carbocycles. The predicted octanol–water partition coefficient (Wildman–Crippen LogP) is 9.58. The standard InChI is InChI=1S/C24H30O4.C24H32O4/c1-3-23(13-25-14-23)17-27-21-9-5-19(6-10-21)20-7-11-22(12-8-20)28-18-24(4-2)15-26-16-24;1-3-22(14-25-15-22)18-27-24(28-19-23(4-2)16-26-17-23)12-10-21(11-13-24)20-8-6-5-7-9-20/h5-12H,3-4,13-18H2,1-2H3;5-12H,3-4,13-19H2,1-2H3. The Labute approximate surface area is 334 Å². The summed E-state index contributed by atoms with van der Waals surface area (Å²) < 4.78 is 46.6. The van der Waals surface area contributed by atoms with Gasteiger partial charge in [0.15, 0.2) is 5.79 Å². The van der Waals surface area contributed by atoms with E-state index in [9.17, 15) is 0 Å². The van der Waals surface area contributed by atoms with Crippen molar-refractivity contribution < 1.29 is 37.9 Å². The average molecular weight is 767 g/mol. The number of ether oxygens (including phenoxy) is 8. The number of benzene rings is 3. The third-order valence-electron chi connectivity index (χ3n) is 12.9. The Morgan fingerprint density at radius 1 is 0.464 bits per heavy atom. The molecule has 3 aromatic carbocycles. The van der Waals surface area contributed by atoms with Crippen molar-refractivity contribution in [1.82, 2.24) is 0 Å². The first-order valence-corrected chi connectivity index (χ1v) is 20.8. The monoisotopic (exact) mass is 766 g/mol. The highest BCUT2D eigenvalue weighted by atomic mass is 16.7. The van der Waals surface area contributed by atoms with E-state index in [1.807, 2.05) is 30.3 Å². The zero-order chi connectivity index (χ0) is 39.0. The van der Waals surface area contributed by atoms with Gasteiger partial charge in [0.05, 0.1) is 90.1 Å². The van der Waals surface area contributed by atoms with Crippen LogP contribution in [0.5, 0.6) is 11.5 Å². The van der Waals surface area contributed by atoms with E-state index < -0.39 is 5.79 Å². The van der Waals surface area contributed by atoms with Gasteiger partial charge in [-0.1, -0.05) is 94.4 Å². The van der Waals surface area contributed by atoms with Crippen LogP contribution in [-0.2, 0) is 28.4 Å². The Morgan fingerprint density at radius 2 is 0.857 bits per heavy atom. The first-order valence-electron chi connectivity index (χ1n) is 20.8. The first kappa shape index (κ1) is 40.7. The van der Waals surface area contributed by atoms with Crippen LogP contribution < -0.4 is 9.47 Å². The second-order valence-corrected chi connectivity index (χ2v) is 17.0. The normalized spacial score (nSPS) is 21.8. The van der Waals surface area contributed by atoms with Crippen LogP contribution >= 0.6 is 0 Å². The number of rotatable bonds is 18. The fourth-order valence-electron chi connectivity index (χ4n) is 7.34. The molecule has 3 aromatic rings. The molecule has 0 bridgehead atoms. The van der Waals surface area contributed by atoms with Crippen molar-refractivity contribution in [3.63, 3.8) is 0 Å². The van der Waals surface area contributed by atoms with Crippen LogP contribution in [0.1, 0.15) is 65.4 Å². The molecular formula is C48H62O8. The maximum absolute atomic E-state index is 6.49. The molecule has 56 heavy (non-hydrogen) atoms. The molecule has 8 nitrogen and oxygen atoms in total. The minimum Gasteiger partial charge on any atom is -0.493 e. The van der Waals surface area contributed by atoms with Gasteiger partial charge in [0.2, 0.25) is 0 Å². The predicted molar refractivity (Wildman–Crippen MR) is 220 cm³/mol. The second kappa shape index (κ2) is 18.0. The second-order valence-electron chi connectivity index (χ2n) is 17.0. The quantitative estimate of drug-likeness (QED) is 0.119. The van der Waals surface area contributed by atoms with Gasteiger partial charge in [0.25, 0.3) is 0 Å². The van der Waals surface area contributed by atoms with Crippen molar-refractivity contribution in [3.8, 4) is 22.6 Å². The summed E-state index contributed by atoms with van der Waals surface area (Å²) in [6.45, 7) is 17.9. The molecule has 0 radical (unpaired) electrons. The fraction of sp³-hybridized carbons (Fsp3) is 0.542. The molecule has 0 aromatic heterocycles. The van der Waals surface area contributed by atoms with Crippen molar-refractivity contribution in [2.45, 2.75) is 65.6 Å². The maximum Gasteiger partial charge on any atom is 0.191 e. The van der Waals surface area contributed by atoms with E-state index in [0.29, 0.717) is 13.2 Å². The van der Waals surface area contributed by atoms with Gasteiger partial charge in [-0.3, -0.25) is 0 Å². The molecule has 0 N–H and O–H groups in total. The summed E-state index contributed by atoms with van der Waals surface area (Å²) in [5, 5.41) is 0. The van der Waals surface area contributed by atoms with Crippen LogP contribution in [0.15, 0.2) is 97.1 Å². The van der Waals surface area contributed by atoms with Crippen molar-refractivity contribution in [2.75, 3.05) is 79.3 Å². The van der Waals surface area contributed by atoms with Crippen LogP contribution in [0.25, 0.3) is 16.7 Å². The third kappa shape index (κ3) is 9.44. The van der Waals surface area contributed by atoms with Gasteiger partial charge < -0.3 is 37.9 Å². The molecule has 8 heteroatoms. The minimum absolute atomic E-state index is 0.135. The topological polar surface area (TPSA) is 73.8 Å². The number of hydrogen-bond acceptors (Lipinski definition) is 8. The van der Waals surface area contributed by atoms with Crippen LogP contribution in [0, 0.1) is 21.7 Å². The molecule has 4 fully saturated rings. The molecule has 0 saturated carbocycles. The highest BCUT2D eigenvalue weighted by molar-refractivity contribution is 5.75. The summed E-state index contributed by atoms with van der Waals surface area (Å²) in [5.41, 5.74) is 5.47. The Bertz CT molecular complexity index is 1620. The van der Waals surface area contributed by atoms with E-state index in [0.717, 1.165) is 110 Å². The maximum atomic E-state index is 6.49. The van der Waals surface area contributed by atoms with Gasteiger partial charge in [-0.05, 0) is 78.3 Å². The van der Waals surface area contributed by atoms with E-state index in [2.05, 4.69) is 94.5 Å². The van der Waals surface area contributed by atoms with E-state index in [1.54, 1.807) is 0 Å². The summed E-state index contributed by atoms with van der Waals surface area (Å²) in [6.07, 6.45) is 11.5. The molecule has 302 valence electrons. The van der Waals surface area contributed by atoms with Gasteiger partial charge in [-0.15, -0.1) is 0 Å². The number of hydrogen-bond donors (Lipinski definition) is 0. The molecule has 4 heterocycles. The average Bonchev–Trinajstić information content (AvgIpc) is 3.18. The number of allylic oxidation sites excluding steroid dienone is 2. The smallest absolute Gasteiger partial charge is 0.191 e. The largest absolute Gasteiger partial charge is 0.493 e. The lowest BCUT2D eigenvalue weighted by molar-refractivity contribution is -0.269. The third-order valence-corrected chi connectivity index (χ3v) is 12.9. The van der Waals surface area contributed by atoms with Crippen LogP contribution in [0.3, 0.4) is 0 Å². The lowest BCUT2D eigenvalue weighted by atomic mass is 9.83. The zero-order valence-electron chi connectivity index (χ0n) is 34.0. The molecule has 4 saturated heterocycles. The Kier molecular flexibility index (Phi) is 13.1. The van der Waals surface area contributed by atoms with Crippen molar-refractivity contribution in [3.05, 3.63) is 103 Å². The molecule has 0 amide bonds. The highest BCUT2D eigenvalue weighted by Gasteiger charge is 2.44. The van der Waals surface area contributed by atoms with E-state index >= 15 is 0 Å². The van der Waals surface area contributed by atoms with Gasteiger partial charge in [-0.25, -0.2) is 0 Å². The van der Waals surface area contributed by atoms with Crippen LogP contribution in [0.4, 0.5) is 0 Å². The molecular weight excluding hydrogens is 705 g/mol. The molecule has 8 rings (SSSR count). The van der Waals surface area contributed by atoms with E-state index in [4.69, 9.17) is 37.9 Å². The lowest BCUT2D eigenvalue weighted by Crippen LogP contribution is -2.51. The summed E-state index contributed by atoms with van der Waals surface area (Å²) >= 11 is 0. The fourth-order valence-corrected chi connectivity index (χ4v) is 7.34. The van der Waals surface area contributed by atoms with Gasteiger partial charge in [-0.2, -0.15) is 0 Å². The Morgan fingerprint density at radius 3 is 1.18 bits per heavy atom. The molecule has 0 atom stereocenters. The summed E-state index contributed by atoms with van der Waals surface area (Å²) in [4.78, 5) is 0. The van der Waals surface area contributed by atoms with Gasteiger partial charge >= 0.3 is 0 Å². The molecule has 4 aliphatic heterocycles. The molecule has 0 unspecified atom stereocenters. The Hall–Kier alpha value is -3.50. The van der Waals surface area contributed by atoms with Gasteiger partial charge in [0.1, 0.15) is 11.5 Å². The van der Waals surface area contributed by atoms with Crippen LogP contribution in [-0.4, -0.2) is 85.1 Å². The first-order chi connectivity index (χ1) is 27.3. The van der Waals surface area contributed by atoms with E-state index in [-0.39, 0.29) is 21.7 Å². The van der Waals surface area contributed by atoms with Crippen molar-refractivity contribution in [1.29, 1.82) is 0 Å². The Balaban J connectivity index is 0.000000172. The van der Waals surface area contributed by atoms with Gasteiger partial charge in [0, 0.05) is 17.3 Å². The van der Waals surface area contributed by atoms with Crippen molar-refractivity contribution in [2.24, 2.45) is 21.7 Å². The molecule has 0 spiro atoms. The summed E-state index contributed by atoms with van der Waals surface area (Å²) in [7, 11) is 0. The SMILES string of the molecule is CCC1(COC2(OCC3(CC)COC3)C=CC(c3ccccc3)=CC2)COC1.CCC1(COc2ccc(-c3ccc(OCC4(CC)COC4)cc3)cc2)COC1. The van der Waals surface area contributed by atoms with Crippen LogP contribution in [0.2, 0.25) is 0 Å². The summed E-state index contributed by atoms with van der Waals surface area (Å²) in [6, 6.07) is 27.1. The highest BCUT2D eigenvalue weighted by Crippen LogP contribution is 2.40. The minimum atomic E-state index is -0.701. The zero-order valence-corrected chi connectivity index (χ0v) is 34.0. The van der Waals surface area contributed by atoms with Crippen molar-refractivity contribution >= 4 is 5.57 Å². The summed E-state index contributed by atoms with van der Waals surface area (Å²) in [5.74, 6) is 1.13.